The van der Waals surface area contributed by atoms with Crippen LogP contribution in [0, 0.1) is 6.92 Å². The Morgan fingerprint density at radius 2 is 2.00 bits per heavy atom. The van der Waals surface area contributed by atoms with Crippen LogP contribution in [0.4, 0.5) is 5.82 Å². The SMILES string of the molecule is CCN(C(=O)Cn1c(C)nc2ccccc2c1=O)c1ccc(Br)cn1. The zero-order chi connectivity index (χ0) is 18.0. The number of rotatable bonds is 4. The van der Waals surface area contributed by atoms with E-state index in [0.29, 0.717) is 29.1 Å². The molecule has 25 heavy (non-hydrogen) atoms. The third-order valence-corrected chi connectivity index (χ3v) is 4.42. The number of para-hydroxylation sites is 1. The fraction of sp³-hybridized carbons (Fsp3) is 0.222. The van der Waals surface area contributed by atoms with Crippen LogP contribution in [0.5, 0.6) is 0 Å². The lowest BCUT2D eigenvalue weighted by Gasteiger charge is -2.21. The number of aryl methyl sites for hydroxylation is 1. The fourth-order valence-electron chi connectivity index (χ4n) is 2.68. The van der Waals surface area contributed by atoms with Crippen LogP contribution in [0.15, 0.2) is 51.9 Å². The van der Waals surface area contributed by atoms with Crippen molar-refractivity contribution in [2.75, 3.05) is 11.4 Å². The van der Waals surface area contributed by atoms with Crippen LogP contribution in [-0.4, -0.2) is 27.0 Å². The summed E-state index contributed by atoms with van der Waals surface area (Å²) in [5.74, 6) is 0.853. The number of likely N-dealkylation sites (N-methyl/N-ethyl adjacent to an activating group) is 1. The van der Waals surface area contributed by atoms with Gasteiger partial charge in [-0.1, -0.05) is 12.1 Å². The molecule has 3 rings (SSSR count). The van der Waals surface area contributed by atoms with Gasteiger partial charge in [0.15, 0.2) is 0 Å². The van der Waals surface area contributed by atoms with E-state index in [9.17, 15) is 9.59 Å². The molecule has 0 bridgehead atoms. The van der Waals surface area contributed by atoms with Crippen LogP contribution >= 0.6 is 15.9 Å². The minimum Gasteiger partial charge on any atom is -0.296 e. The van der Waals surface area contributed by atoms with E-state index < -0.39 is 0 Å². The second-order valence-electron chi connectivity index (χ2n) is 5.54. The van der Waals surface area contributed by atoms with Crippen molar-refractivity contribution in [1.29, 1.82) is 0 Å². The Kier molecular flexibility index (Phi) is 4.94. The number of hydrogen-bond acceptors (Lipinski definition) is 4. The Hall–Kier alpha value is -2.54. The molecule has 1 amide bonds. The molecule has 0 radical (unpaired) electrons. The molecule has 6 nitrogen and oxygen atoms in total. The lowest BCUT2D eigenvalue weighted by Crippen LogP contribution is -2.38. The number of pyridine rings is 1. The summed E-state index contributed by atoms with van der Waals surface area (Å²) < 4.78 is 2.25. The first-order chi connectivity index (χ1) is 12.0. The number of nitrogens with zero attached hydrogens (tertiary/aromatic N) is 4. The summed E-state index contributed by atoms with van der Waals surface area (Å²) >= 11 is 3.33. The maximum absolute atomic E-state index is 12.8. The molecule has 3 aromatic rings. The Balaban J connectivity index is 1.95. The van der Waals surface area contributed by atoms with Gasteiger partial charge in [-0.2, -0.15) is 0 Å². The van der Waals surface area contributed by atoms with Gasteiger partial charge in [0, 0.05) is 17.2 Å². The number of fused-ring (bicyclic) bond motifs is 1. The summed E-state index contributed by atoms with van der Waals surface area (Å²) in [5.41, 5.74) is 0.423. The lowest BCUT2D eigenvalue weighted by atomic mass is 10.2. The summed E-state index contributed by atoms with van der Waals surface area (Å²) in [7, 11) is 0. The van der Waals surface area contributed by atoms with Gasteiger partial charge in [0.1, 0.15) is 18.2 Å². The average Bonchev–Trinajstić information content (AvgIpc) is 2.61. The normalized spacial score (nSPS) is 10.8. The number of anilines is 1. The van der Waals surface area contributed by atoms with E-state index in [0.717, 1.165) is 4.47 Å². The van der Waals surface area contributed by atoms with Crippen LogP contribution in [0.3, 0.4) is 0 Å². The third-order valence-electron chi connectivity index (χ3n) is 3.95. The Bertz CT molecular complexity index is 983. The highest BCUT2D eigenvalue weighted by Gasteiger charge is 2.18. The van der Waals surface area contributed by atoms with Gasteiger partial charge >= 0.3 is 0 Å². The third kappa shape index (κ3) is 3.46. The van der Waals surface area contributed by atoms with Crippen molar-refractivity contribution in [2.45, 2.75) is 20.4 Å². The summed E-state index contributed by atoms with van der Waals surface area (Å²) in [6.45, 7) is 3.99. The number of hydrogen-bond donors (Lipinski definition) is 0. The van der Waals surface area contributed by atoms with Crippen molar-refractivity contribution in [3.63, 3.8) is 0 Å². The molecule has 0 aliphatic carbocycles. The first-order valence-corrected chi connectivity index (χ1v) is 8.68. The molecule has 0 saturated heterocycles. The Morgan fingerprint density at radius 3 is 2.68 bits per heavy atom. The molecule has 1 aromatic carbocycles. The lowest BCUT2D eigenvalue weighted by molar-refractivity contribution is -0.119. The molecule has 0 spiro atoms. The zero-order valence-electron chi connectivity index (χ0n) is 13.9. The Labute approximate surface area is 153 Å². The molecule has 0 unspecified atom stereocenters. The topological polar surface area (TPSA) is 68.1 Å². The molecule has 0 saturated carbocycles. The number of aromatic nitrogens is 3. The van der Waals surface area contributed by atoms with Gasteiger partial charge in [0.05, 0.1) is 10.9 Å². The first-order valence-electron chi connectivity index (χ1n) is 7.89. The van der Waals surface area contributed by atoms with Crippen molar-refractivity contribution in [2.24, 2.45) is 0 Å². The van der Waals surface area contributed by atoms with Crippen LogP contribution in [0.2, 0.25) is 0 Å². The first kappa shape index (κ1) is 17.3. The van der Waals surface area contributed by atoms with E-state index in [1.165, 1.54) is 4.57 Å². The highest BCUT2D eigenvalue weighted by Crippen LogP contribution is 2.15. The van der Waals surface area contributed by atoms with E-state index in [1.54, 1.807) is 42.3 Å². The molecule has 0 fully saturated rings. The van der Waals surface area contributed by atoms with Gasteiger partial charge in [-0.25, -0.2) is 9.97 Å². The molecule has 2 heterocycles. The molecule has 128 valence electrons. The van der Waals surface area contributed by atoms with E-state index in [2.05, 4.69) is 25.9 Å². The van der Waals surface area contributed by atoms with Gasteiger partial charge in [0.2, 0.25) is 5.91 Å². The van der Waals surface area contributed by atoms with Gasteiger partial charge in [-0.15, -0.1) is 0 Å². The van der Waals surface area contributed by atoms with Crippen molar-refractivity contribution in [1.82, 2.24) is 14.5 Å². The van der Waals surface area contributed by atoms with Crippen LogP contribution in [0.25, 0.3) is 10.9 Å². The standard InChI is InChI=1S/C18H17BrN4O2/c1-3-22(16-9-8-13(19)10-20-16)17(24)11-23-12(2)21-15-7-5-4-6-14(15)18(23)25/h4-10H,3,11H2,1-2H3. The van der Waals surface area contributed by atoms with Crippen LogP contribution < -0.4 is 10.5 Å². The molecule has 0 atom stereocenters. The monoisotopic (exact) mass is 400 g/mol. The van der Waals surface area contributed by atoms with Crippen molar-refractivity contribution in [3.8, 4) is 0 Å². The number of carbonyl (C=O) groups is 1. The second kappa shape index (κ2) is 7.14. The average molecular weight is 401 g/mol. The van der Waals surface area contributed by atoms with E-state index in [4.69, 9.17) is 0 Å². The number of benzene rings is 1. The highest BCUT2D eigenvalue weighted by atomic mass is 79.9. The number of halogens is 1. The molecule has 2 aromatic heterocycles. The van der Waals surface area contributed by atoms with E-state index in [-0.39, 0.29) is 18.0 Å². The van der Waals surface area contributed by atoms with Crippen molar-refractivity contribution < 1.29 is 4.79 Å². The van der Waals surface area contributed by atoms with Crippen molar-refractivity contribution in [3.05, 3.63) is 63.2 Å². The maximum Gasteiger partial charge on any atom is 0.261 e. The van der Waals surface area contributed by atoms with Crippen LogP contribution in [-0.2, 0) is 11.3 Å². The molecule has 0 aliphatic heterocycles. The number of amides is 1. The van der Waals surface area contributed by atoms with Crippen molar-refractivity contribution >= 4 is 38.6 Å². The minimum absolute atomic E-state index is 0.0753. The van der Waals surface area contributed by atoms with Gasteiger partial charge in [-0.05, 0) is 54.0 Å². The van der Waals surface area contributed by atoms with Gasteiger partial charge in [-0.3, -0.25) is 19.1 Å². The van der Waals surface area contributed by atoms with E-state index >= 15 is 0 Å². The zero-order valence-corrected chi connectivity index (χ0v) is 15.5. The molecular formula is C18H17BrN4O2. The highest BCUT2D eigenvalue weighted by molar-refractivity contribution is 9.10. The van der Waals surface area contributed by atoms with Crippen LogP contribution in [0.1, 0.15) is 12.7 Å². The smallest absolute Gasteiger partial charge is 0.261 e. The largest absolute Gasteiger partial charge is 0.296 e. The molecule has 0 N–H and O–H groups in total. The maximum atomic E-state index is 12.8. The molecule has 0 aliphatic rings. The second-order valence-corrected chi connectivity index (χ2v) is 6.46. The molecular weight excluding hydrogens is 384 g/mol. The molecule has 7 heteroatoms. The summed E-state index contributed by atoms with van der Waals surface area (Å²) in [6.07, 6.45) is 1.64. The van der Waals surface area contributed by atoms with Gasteiger partial charge < -0.3 is 0 Å². The van der Waals surface area contributed by atoms with Gasteiger partial charge in [0.25, 0.3) is 5.56 Å². The Morgan fingerprint density at radius 1 is 1.24 bits per heavy atom. The van der Waals surface area contributed by atoms with E-state index in [1.807, 2.05) is 19.1 Å². The minimum atomic E-state index is -0.212. The predicted molar refractivity (Wildman–Crippen MR) is 101 cm³/mol. The summed E-state index contributed by atoms with van der Waals surface area (Å²) in [4.78, 5) is 35.7. The summed E-state index contributed by atoms with van der Waals surface area (Å²) in [5, 5.41) is 0.505. The predicted octanol–water partition coefficient (Wildman–Crippen LogP) is 2.92. The number of carbonyl (C=O) groups excluding carboxylic acids is 1. The quantitative estimate of drug-likeness (QED) is 0.674. The summed E-state index contributed by atoms with van der Waals surface area (Å²) in [6, 6.07) is 10.7. The fourth-order valence-corrected chi connectivity index (χ4v) is 2.91.